The molecule has 4 rings (SSSR count). The third kappa shape index (κ3) is 4.28. The smallest absolute Gasteiger partial charge is 0.337 e. The fraction of sp³-hybridized carbons (Fsp3) is 0.462. The number of carboxylic acids is 1. The summed E-state index contributed by atoms with van der Waals surface area (Å²) in [5.74, 6) is -0.327. The average molecular weight is 455 g/mol. The molecule has 0 spiro atoms. The Morgan fingerprint density at radius 2 is 1.84 bits per heavy atom. The van der Waals surface area contributed by atoms with Crippen molar-refractivity contribution in [2.45, 2.75) is 72.6 Å². The van der Waals surface area contributed by atoms with Crippen LogP contribution in [-0.4, -0.2) is 26.2 Å². The van der Waals surface area contributed by atoms with Crippen LogP contribution in [0.25, 0.3) is 22.2 Å². The Balaban J connectivity index is 2.08. The number of halogens is 1. The predicted octanol–water partition coefficient (Wildman–Crippen LogP) is 6.63. The third-order valence-corrected chi connectivity index (χ3v) is 6.47. The van der Waals surface area contributed by atoms with Crippen LogP contribution in [0.3, 0.4) is 0 Å². The minimum atomic E-state index is -1.14. The average Bonchev–Trinajstić information content (AvgIpc) is 3.49. The first-order chi connectivity index (χ1) is 15.0. The number of ether oxygens (including phenoxy) is 1. The van der Waals surface area contributed by atoms with Gasteiger partial charge in [-0.25, -0.2) is 9.78 Å². The maximum absolute atomic E-state index is 12.4. The van der Waals surface area contributed by atoms with Crippen LogP contribution in [0.15, 0.2) is 24.3 Å². The first kappa shape index (κ1) is 22.8. The molecule has 0 saturated heterocycles. The summed E-state index contributed by atoms with van der Waals surface area (Å²) in [5.41, 5.74) is 5.64. The number of pyridine rings is 1. The van der Waals surface area contributed by atoms with Crippen molar-refractivity contribution in [1.82, 2.24) is 9.55 Å². The molecule has 5 nitrogen and oxygen atoms in total. The normalized spacial score (nSPS) is 15.3. The van der Waals surface area contributed by atoms with Gasteiger partial charge in [0.25, 0.3) is 0 Å². The van der Waals surface area contributed by atoms with E-state index in [9.17, 15) is 9.90 Å². The van der Waals surface area contributed by atoms with E-state index in [1.807, 2.05) is 52.0 Å². The Morgan fingerprint density at radius 1 is 1.22 bits per heavy atom. The van der Waals surface area contributed by atoms with E-state index in [1.54, 1.807) is 0 Å². The Morgan fingerprint density at radius 3 is 2.38 bits per heavy atom. The van der Waals surface area contributed by atoms with Crippen molar-refractivity contribution in [2.75, 3.05) is 0 Å². The lowest BCUT2D eigenvalue weighted by molar-refractivity contribution is -0.160. The van der Waals surface area contributed by atoms with Gasteiger partial charge in [0, 0.05) is 39.5 Å². The second-order valence-electron chi connectivity index (χ2n) is 9.90. The number of hydrogen-bond acceptors (Lipinski definition) is 3. The molecular weight excluding hydrogens is 424 g/mol. The van der Waals surface area contributed by atoms with Crippen molar-refractivity contribution in [3.63, 3.8) is 0 Å². The van der Waals surface area contributed by atoms with Crippen LogP contribution in [0.5, 0.6) is 0 Å². The van der Waals surface area contributed by atoms with Crippen LogP contribution in [0.1, 0.15) is 62.2 Å². The summed E-state index contributed by atoms with van der Waals surface area (Å²) < 4.78 is 8.38. The van der Waals surface area contributed by atoms with Gasteiger partial charge in [-0.05, 0) is 83.6 Å². The second kappa shape index (κ2) is 8.20. The van der Waals surface area contributed by atoms with Crippen molar-refractivity contribution in [3.05, 3.63) is 51.8 Å². The number of aromatic nitrogens is 2. The Bertz CT molecular complexity index is 1180. The van der Waals surface area contributed by atoms with Crippen LogP contribution in [-0.2, 0) is 16.1 Å². The molecule has 1 aliphatic carbocycles. The van der Waals surface area contributed by atoms with Gasteiger partial charge in [0.1, 0.15) is 5.65 Å². The number of carbonyl (C=O) groups is 1. The molecule has 1 saturated carbocycles. The van der Waals surface area contributed by atoms with Gasteiger partial charge in [-0.2, -0.15) is 0 Å². The summed E-state index contributed by atoms with van der Waals surface area (Å²) >= 11 is 6.18. The van der Waals surface area contributed by atoms with E-state index >= 15 is 0 Å². The molecule has 1 aromatic carbocycles. The van der Waals surface area contributed by atoms with Crippen molar-refractivity contribution in [3.8, 4) is 11.1 Å². The SMILES string of the molecule is Cc1nc2c(c(C)c(C)n2CC2CC2)c(-c2ccc(Cl)cc2)c1[C@H](OC(C)(C)C)C(=O)O. The number of fused-ring (bicyclic) bond motifs is 1. The Labute approximate surface area is 194 Å². The van der Waals surface area contributed by atoms with Crippen molar-refractivity contribution < 1.29 is 14.6 Å². The molecule has 2 aromatic heterocycles. The molecule has 1 N–H and O–H groups in total. The number of aliphatic carboxylic acids is 1. The highest BCUT2D eigenvalue weighted by Crippen LogP contribution is 2.43. The van der Waals surface area contributed by atoms with Gasteiger partial charge in [0.2, 0.25) is 0 Å². The number of aryl methyl sites for hydroxylation is 2. The standard InChI is InChI=1S/C26H31ClN2O3/c1-14-16(3)29(13-17-7-8-17)24-20(14)22(18-9-11-19(27)12-10-18)21(15(2)28-24)23(25(30)31)32-26(4,5)6/h9-12,17,23H,7-8,13H2,1-6H3,(H,30,31)/t23-/m0/s1. The van der Waals surface area contributed by atoms with Gasteiger partial charge in [0.15, 0.2) is 6.10 Å². The van der Waals surface area contributed by atoms with E-state index < -0.39 is 17.7 Å². The molecule has 3 aromatic rings. The van der Waals surface area contributed by atoms with Crippen molar-refractivity contribution >= 4 is 28.6 Å². The summed E-state index contributed by atoms with van der Waals surface area (Å²) in [6.07, 6.45) is 1.36. The maximum atomic E-state index is 12.4. The summed E-state index contributed by atoms with van der Waals surface area (Å²) in [4.78, 5) is 17.4. The van der Waals surface area contributed by atoms with E-state index in [-0.39, 0.29) is 0 Å². The molecule has 1 aliphatic rings. The minimum Gasteiger partial charge on any atom is -0.479 e. The van der Waals surface area contributed by atoms with Gasteiger partial charge in [-0.1, -0.05) is 23.7 Å². The topological polar surface area (TPSA) is 64.4 Å². The Hall–Kier alpha value is -2.37. The van der Waals surface area contributed by atoms with Crippen LogP contribution >= 0.6 is 11.6 Å². The molecule has 1 fully saturated rings. The molecule has 32 heavy (non-hydrogen) atoms. The summed E-state index contributed by atoms with van der Waals surface area (Å²) in [7, 11) is 0. The minimum absolute atomic E-state index is 0.605. The fourth-order valence-corrected chi connectivity index (χ4v) is 4.53. The van der Waals surface area contributed by atoms with E-state index in [1.165, 1.54) is 18.5 Å². The molecule has 0 unspecified atom stereocenters. The summed E-state index contributed by atoms with van der Waals surface area (Å²) in [6.45, 7) is 12.7. The number of carboxylic acid groups (broad SMARTS) is 1. The van der Waals surface area contributed by atoms with E-state index in [4.69, 9.17) is 21.3 Å². The first-order valence-corrected chi connectivity index (χ1v) is 11.5. The largest absolute Gasteiger partial charge is 0.479 e. The zero-order chi connectivity index (χ0) is 23.4. The van der Waals surface area contributed by atoms with Crippen molar-refractivity contribution in [1.29, 1.82) is 0 Å². The van der Waals surface area contributed by atoms with Gasteiger partial charge < -0.3 is 14.4 Å². The summed E-state index contributed by atoms with van der Waals surface area (Å²) in [5, 5.41) is 11.8. The molecule has 0 amide bonds. The van der Waals surface area contributed by atoms with Gasteiger partial charge in [-0.3, -0.25) is 0 Å². The second-order valence-corrected chi connectivity index (χ2v) is 10.3. The lowest BCUT2D eigenvalue weighted by Crippen LogP contribution is -2.28. The fourth-order valence-electron chi connectivity index (χ4n) is 4.40. The lowest BCUT2D eigenvalue weighted by Gasteiger charge is -2.28. The lowest BCUT2D eigenvalue weighted by atomic mass is 9.91. The number of rotatable bonds is 6. The molecular formula is C26H31ClN2O3. The monoisotopic (exact) mass is 454 g/mol. The zero-order valence-electron chi connectivity index (χ0n) is 19.6. The third-order valence-electron chi connectivity index (χ3n) is 6.21. The van der Waals surface area contributed by atoms with Crippen LogP contribution in [0.2, 0.25) is 5.02 Å². The first-order valence-electron chi connectivity index (χ1n) is 11.1. The van der Waals surface area contributed by atoms with E-state index in [2.05, 4.69) is 18.4 Å². The van der Waals surface area contributed by atoms with Crippen LogP contribution < -0.4 is 0 Å². The number of benzene rings is 1. The van der Waals surface area contributed by atoms with Gasteiger partial charge in [-0.15, -0.1) is 0 Å². The zero-order valence-corrected chi connectivity index (χ0v) is 20.4. The van der Waals surface area contributed by atoms with Gasteiger partial charge in [0.05, 0.1) is 5.60 Å². The highest BCUT2D eigenvalue weighted by molar-refractivity contribution is 6.30. The molecule has 0 bridgehead atoms. The Kier molecular flexibility index (Phi) is 5.84. The number of nitrogens with zero attached hydrogens (tertiary/aromatic N) is 2. The van der Waals surface area contributed by atoms with Crippen molar-refractivity contribution in [2.24, 2.45) is 5.92 Å². The molecule has 6 heteroatoms. The van der Waals surface area contributed by atoms with E-state index in [0.29, 0.717) is 22.2 Å². The van der Waals surface area contributed by atoms with Crippen LogP contribution in [0.4, 0.5) is 0 Å². The molecule has 170 valence electrons. The highest BCUT2D eigenvalue weighted by atomic mass is 35.5. The quantitative estimate of drug-likeness (QED) is 0.453. The van der Waals surface area contributed by atoms with E-state index in [0.717, 1.165) is 34.3 Å². The maximum Gasteiger partial charge on any atom is 0.337 e. The van der Waals surface area contributed by atoms with Gasteiger partial charge >= 0.3 is 5.97 Å². The van der Waals surface area contributed by atoms with Crippen LogP contribution in [0, 0.1) is 26.7 Å². The number of hydrogen-bond donors (Lipinski definition) is 1. The molecule has 0 radical (unpaired) electrons. The predicted molar refractivity (Wildman–Crippen MR) is 128 cm³/mol. The molecule has 1 atom stereocenters. The molecule has 0 aliphatic heterocycles. The summed E-state index contributed by atoms with van der Waals surface area (Å²) in [6, 6.07) is 7.57. The highest BCUT2D eigenvalue weighted by Gasteiger charge is 2.34. The molecule has 2 heterocycles.